The molecule has 40 heavy (non-hydrogen) atoms. The topological polar surface area (TPSA) is 84.9 Å². The van der Waals surface area contributed by atoms with E-state index in [1.165, 1.54) is 0 Å². The molecule has 8 nitrogen and oxygen atoms in total. The Morgan fingerprint density at radius 2 is 1.00 bits per heavy atom. The van der Waals surface area contributed by atoms with Crippen molar-refractivity contribution < 1.29 is 19.1 Å². The maximum absolute atomic E-state index is 13.0. The first-order chi connectivity index (χ1) is 19.5. The Morgan fingerprint density at radius 1 is 0.600 bits per heavy atom. The summed E-state index contributed by atoms with van der Waals surface area (Å²) in [7, 11) is 3.47. The highest BCUT2D eigenvalue weighted by atomic mass is 16.5. The van der Waals surface area contributed by atoms with Gasteiger partial charge >= 0.3 is 0 Å². The summed E-state index contributed by atoms with van der Waals surface area (Å²) in [6.45, 7) is 0.492. The second kappa shape index (κ2) is 12.3. The molecule has 0 fully saturated rings. The summed E-state index contributed by atoms with van der Waals surface area (Å²) in [6.07, 6.45) is 3.36. The lowest BCUT2D eigenvalue weighted by Gasteiger charge is -2.21. The van der Waals surface area contributed by atoms with E-state index >= 15 is 0 Å². The van der Waals surface area contributed by atoms with E-state index in [1.54, 1.807) is 48.4 Å². The first-order valence-electron chi connectivity index (χ1n) is 13.0. The van der Waals surface area contributed by atoms with Crippen LogP contribution in [0.2, 0.25) is 0 Å². The van der Waals surface area contributed by atoms with E-state index in [2.05, 4.69) is 9.97 Å². The monoisotopic (exact) mass is 534 g/mol. The molecule has 5 aromatic rings. The molecule has 0 N–H and O–H groups in total. The van der Waals surface area contributed by atoms with Crippen LogP contribution in [-0.4, -0.2) is 58.9 Å². The van der Waals surface area contributed by atoms with Crippen LogP contribution < -0.4 is 9.47 Å². The maximum Gasteiger partial charge on any atom is 0.260 e. The van der Waals surface area contributed by atoms with Crippen molar-refractivity contribution in [2.24, 2.45) is 0 Å². The van der Waals surface area contributed by atoms with E-state index in [4.69, 9.17) is 9.47 Å². The van der Waals surface area contributed by atoms with Crippen LogP contribution in [0.15, 0.2) is 97.3 Å². The zero-order valence-corrected chi connectivity index (χ0v) is 22.5. The van der Waals surface area contributed by atoms with Gasteiger partial charge in [0.1, 0.15) is 11.0 Å². The molecule has 2 amide bonds. The summed E-state index contributed by atoms with van der Waals surface area (Å²) < 4.78 is 12.3. The third-order valence-corrected chi connectivity index (χ3v) is 6.59. The smallest absolute Gasteiger partial charge is 0.260 e. The van der Waals surface area contributed by atoms with E-state index in [-0.39, 0.29) is 25.0 Å². The average Bonchev–Trinajstić information content (AvgIpc) is 2.99. The van der Waals surface area contributed by atoms with Crippen molar-refractivity contribution in [1.82, 2.24) is 19.8 Å². The Balaban J connectivity index is 1.41. The SMILES string of the molecule is CN(Cc1ccccc1)C(=O)COc1c(OCC(=O)N(C)Cc2ccccc2)c2cccnc2c2ncccc12. The Morgan fingerprint density at radius 3 is 1.40 bits per heavy atom. The summed E-state index contributed by atoms with van der Waals surface area (Å²) in [4.78, 5) is 38.4. The summed E-state index contributed by atoms with van der Waals surface area (Å²) in [6, 6.07) is 26.8. The Hall–Kier alpha value is -4.98. The third-order valence-electron chi connectivity index (χ3n) is 6.59. The van der Waals surface area contributed by atoms with Crippen molar-refractivity contribution in [2.45, 2.75) is 13.1 Å². The minimum absolute atomic E-state index is 0.197. The molecule has 202 valence electrons. The Kier molecular flexibility index (Phi) is 8.15. The predicted molar refractivity (Wildman–Crippen MR) is 154 cm³/mol. The summed E-state index contributed by atoms with van der Waals surface area (Å²) in [5, 5.41) is 1.29. The number of amides is 2. The van der Waals surface area contributed by atoms with Gasteiger partial charge in [-0.3, -0.25) is 19.6 Å². The van der Waals surface area contributed by atoms with Gasteiger partial charge in [-0.05, 0) is 35.4 Å². The molecule has 0 saturated heterocycles. The number of benzene rings is 3. The summed E-state index contributed by atoms with van der Waals surface area (Å²) >= 11 is 0. The molecule has 0 bridgehead atoms. The third kappa shape index (κ3) is 6.02. The number of rotatable bonds is 10. The van der Waals surface area contributed by atoms with Gasteiger partial charge in [-0.15, -0.1) is 0 Å². The molecule has 5 rings (SSSR count). The van der Waals surface area contributed by atoms with E-state index in [1.807, 2.05) is 72.8 Å². The number of carbonyl (C=O) groups excluding carboxylic acids is 2. The van der Waals surface area contributed by atoms with Gasteiger partial charge in [0.05, 0.1) is 0 Å². The number of fused-ring (bicyclic) bond motifs is 3. The van der Waals surface area contributed by atoms with E-state index in [9.17, 15) is 9.59 Å². The highest BCUT2D eigenvalue weighted by Crippen LogP contribution is 2.42. The van der Waals surface area contributed by atoms with Gasteiger partial charge in [0.2, 0.25) is 0 Å². The normalized spacial score (nSPS) is 10.8. The molecule has 0 saturated carbocycles. The van der Waals surface area contributed by atoms with Crippen LogP contribution in [0.1, 0.15) is 11.1 Å². The fourth-order valence-corrected chi connectivity index (χ4v) is 4.46. The lowest BCUT2D eigenvalue weighted by molar-refractivity contribution is -0.133. The van der Waals surface area contributed by atoms with Gasteiger partial charge in [-0.25, -0.2) is 0 Å². The standard InChI is InChI=1S/C32H30N4O4/c1-35(19-23-11-5-3-6-12-23)27(37)21-39-31-25-15-9-17-33-29(25)30-26(16-10-18-34-30)32(31)40-22-28(38)36(2)20-24-13-7-4-8-14-24/h3-18H,19-22H2,1-2H3. The number of aromatic nitrogens is 2. The largest absolute Gasteiger partial charge is 0.479 e. The highest BCUT2D eigenvalue weighted by molar-refractivity contribution is 6.10. The highest BCUT2D eigenvalue weighted by Gasteiger charge is 2.22. The molecule has 2 heterocycles. The summed E-state index contributed by atoms with van der Waals surface area (Å²) in [5.41, 5.74) is 3.29. The Labute approximate surface area is 232 Å². The van der Waals surface area contributed by atoms with Crippen LogP contribution in [0, 0.1) is 0 Å². The van der Waals surface area contributed by atoms with E-state index in [0.29, 0.717) is 46.4 Å². The van der Waals surface area contributed by atoms with Gasteiger partial charge in [0, 0.05) is 50.4 Å². The molecular weight excluding hydrogens is 504 g/mol. The van der Waals surface area contributed by atoms with Gasteiger partial charge in [-0.2, -0.15) is 0 Å². The zero-order valence-electron chi connectivity index (χ0n) is 22.5. The molecule has 2 aromatic heterocycles. The second-order valence-corrected chi connectivity index (χ2v) is 9.51. The van der Waals surface area contributed by atoms with Crippen LogP contribution in [0.5, 0.6) is 11.5 Å². The maximum atomic E-state index is 13.0. The number of hydrogen-bond acceptors (Lipinski definition) is 6. The molecule has 0 aliphatic carbocycles. The van der Waals surface area contributed by atoms with E-state index in [0.717, 1.165) is 11.1 Å². The number of ether oxygens (including phenoxy) is 2. The molecule has 8 heteroatoms. The minimum Gasteiger partial charge on any atom is -0.479 e. The molecule has 0 aliphatic heterocycles. The molecule has 3 aromatic carbocycles. The van der Waals surface area contributed by atoms with Crippen LogP contribution in [0.25, 0.3) is 21.8 Å². The molecule has 0 spiro atoms. The van der Waals surface area contributed by atoms with Crippen molar-refractivity contribution in [2.75, 3.05) is 27.3 Å². The van der Waals surface area contributed by atoms with Crippen molar-refractivity contribution in [1.29, 1.82) is 0 Å². The van der Waals surface area contributed by atoms with Crippen LogP contribution in [0.4, 0.5) is 0 Å². The number of pyridine rings is 2. The van der Waals surface area contributed by atoms with Crippen LogP contribution in [-0.2, 0) is 22.7 Å². The van der Waals surface area contributed by atoms with Gasteiger partial charge in [-0.1, -0.05) is 60.7 Å². The van der Waals surface area contributed by atoms with Crippen molar-refractivity contribution >= 4 is 33.6 Å². The first kappa shape index (κ1) is 26.6. The van der Waals surface area contributed by atoms with Crippen molar-refractivity contribution in [3.8, 4) is 11.5 Å². The predicted octanol–water partition coefficient (Wildman–Crippen LogP) is 4.86. The molecule has 0 unspecified atom stereocenters. The van der Waals surface area contributed by atoms with Crippen molar-refractivity contribution in [3.05, 3.63) is 108 Å². The van der Waals surface area contributed by atoms with Gasteiger partial charge in [0.25, 0.3) is 11.8 Å². The fraction of sp³-hybridized carbons (Fsp3) is 0.188. The fourth-order valence-electron chi connectivity index (χ4n) is 4.46. The van der Waals surface area contributed by atoms with Gasteiger partial charge in [0.15, 0.2) is 24.7 Å². The van der Waals surface area contributed by atoms with Crippen molar-refractivity contribution in [3.63, 3.8) is 0 Å². The zero-order chi connectivity index (χ0) is 27.9. The minimum atomic E-state index is -0.211. The quantitative estimate of drug-likeness (QED) is 0.238. The summed E-state index contributed by atoms with van der Waals surface area (Å²) in [5.74, 6) is 0.306. The van der Waals surface area contributed by atoms with E-state index < -0.39 is 0 Å². The number of nitrogens with zero attached hydrogens (tertiary/aromatic N) is 4. The number of likely N-dealkylation sites (N-methyl/N-ethyl adjacent to an activating group) is 2. The number of carbonyl (C=O) groups is 2. The second-order valence-electron chi connectivity index (χ2n) is 9.51. The average molecular weight is 535 g/mol. The van der Waals surface area contributed by atoms with Gasteiger partial charge < -0.3 is 19.3 Å². The lowest BCUT2D eigenvalue weighted by atomic mass is 10.1. The molecule has 0 atom stereocenters. The van der Waals surface area contributed by atoms with Crippen LogP contribution >= 0.6 is 0 Å². The van der Waals surface area contributed by atoms with Crippen LogP contribution in [0.3, 0.4) is 0 Å². The number of hydrogen-bond donors (Lipinski definition) is 0. The Bertz CT molecular complexity index is 1500. The lowest BCUT2D eigenvalue weighted by Crippen LogP contribution is -2.31. The molecule has 0 aliphatic rings. The molecular formula is C32H30N4O4. The molecule has 0 radical (unpaired) electrons. The first-order valence-corrected chi connectivity index (χ1v) is 13.0.